The Kier molecular flexibility index (Phi) is 2.81. The van der Waals surface area contributed by atoms with Gasteiger partial charge in [-0.1, -0.05) is 0 Å². The van der Waals surface area contributed by atoms with Crippen LogP contribution in [0, 0.1) is 0 Å². The van der Waals surface area contributed by atoms with E-state index in [9.17, 15) is 0 Å². The minimum absolute atomic E-state index is 0.447. The largest absolute Gasteiger partial charge is 0.271 e. The molecule has 0 bridgehead atoms. The Morgan fingerprint density at radius 1 is 1.12 bits per heavy atom. The summed E-state index contributed by atoms with van der Waals surface area (Å²) in [6.45, 7) is 0. The molecule has 17 heavy (non-hydrogen) atoms. The number of nitrogens with zero attached hydrogens (tertiary/aromatic N) is 4. The van der Waals surface area contributed by atoms with E-state index in [0.717, 1.165) is 18.4 Å². The number of fused-ring (bicyclic) bond motifs is 1. The van der Waals surface area contributed by atoms with Crippen molar-refractivity contribution in [3.05, 3.63) is 35.7 Å². The van der Waals surface area contributed by atoms with Crippen molar-refractivity contribution in [3.63, 3.8) is 0 Å². The number of imidazole rings is 1. The fourth-order valence-electron chi connectivity index (χ4n) is 2.18. The number of hydrogen-bond donors (Lipinski definition) is 0. The highest BCUT2D eigenvalue weighted by molar-refractivity contribution is 6.17. The van der Waals surface area contributed by atoms with Gasteiger partial charge in [-0.3, -0.25) is 4.57 Å². The molecule has 0 atom stereocenters. The van der Waals surface area contributed by atoms with Crippen LogP contribution >= 0.6 is 11.6 Å². The minimum Gasteiger partial charge on any atom is -0.271 e. The van der Waals surface area contributed by atoms with Gasteiger partial charge in [0.2, 0.25) is 5.95 Å². The maximum Gasteiger partial charge on any atom is 0.235 e. The van der Waals surface area contributed by atoms with Crippen LogP contribution in [-0.2, 0) is 18.7 Å². The molecule has 2 aromatic heterocycles. The third-order valence-corrected chi connectivity index (χ3v) is 3.40. The monoisotopic (exact) mass is 248 g/mol. The standard InChI is InChI=1S/C12H13ClN4/c13-5-9-6-14-12(15-7-9)17-8-16-10-3-1-2-4-11(10)17/h6-8H,1-5H2. The molecule has 0 N–H and O–H groups in total. The second kappa shape index (κ2) is 4.45. The van der Waals surface area contributed by atoms with Gasteiger partial charge in [-0.2, -0.15) is 0 Å². The first-order chi connectivity index (χ1) is 8.38. The van der Waals surface area contributed by atoms with Crippen LogP contribution in [0.1, 0.15) is 29.8 Å². The number of hydrogen-bond acceptors (Lipinski definition) is 3. The zero-order valence-electron chi connectivity index (χ0n) is 9.43. The Balaban J connectivity index is 2.00. The Morgan fingerprint density at radius 3 is 2.65 bits per heavy atom. The highest BCUT2D eigenvalue weighted by Gasteiger charge is 2.16. The van der Waals surface area contributed by atoms with Gasteiger partial charge < -0.3 is 0 Å². The second-order valence-corrected chi connectivity index (χ2v) is 4.51. The first-order valence-corrected chi connectivity index (χ1v) is 6.34. The zero-order valence-corrected chi connectivity index (χ0v) is 10.2. The zero-order chi connectivity index (χ0) is 11.7. The molecule has 0 aromatic carbocycles. The van der Waals surface area contributed by atoms with E-state index in [-0.39, 0.29) is 0 Å². The smallest absolute Gasteiger partial charge is 0.235 e. The molecule has 5 heteroatoms. The molecule has 0 saturated carbocycles. The minimum atomic E-state index is 0.447. The fraction of sp³-hybridized carbons (Fsp3) is 0.417. The van der Waals surface area contributed by atoms with Crippen LogP contribution in [-0.4, -0.2) is 19.5 Å². The predicted molar refractivity (Wildman–Crippen MR) is 65.4 cm³/mol. The molecule has 2 heterocycles. The summed E-state index contributed by atoms with van der Waals surface area (Å²) < 4.78 is 1.99. The van der Waals surface area contributed by atoms with Crippen LogP contribution in [0.25, 0.3) is 5.95 Å². The molecule has 2 aromatic rings. The van der Waals surface area contributed by atoms with Crippen molar-refractivity contribution in [2.75, 3.05) is 0 Å². The van der Waals surface area contributed by atoms with Gasteiger partial charge in [0.25, 0.3) is 0 Å². The summed E-state index contributed by atoms with van der Waals surface area (Å²) >= 11 is 5.72. The lowest BCUT2D eigenvalue weighted by molar-refractivity contribution is 0.651. The van der Waals surface area contributed by atoms with Crippen LogP contribution in [0.15, 0.2) is 18.7 Å². The van der Waals surface area contributed by atoms with E-state index in [1.54, 1.807) is 12.4 Å². The van der Waals surface area contributed by atoms with E-state index in [1.807, 2.05) is 10.9 Å². The Bertz CT molecular complexity index is 518. The molecule has 0 amide bonds. The van der Waals surface area contributed by atoms with Gasteiger partial charge in [-0.05, 0) is 25.7 Å². The molecule has 1 aliphatic rings. The SMILES string of the molecule is ClCc1cnc(-n2cnc3c2CCCC3)nc1. The van der Waals surface area contributed by atoms with E-state index in [4.69, 9.17) is 11.6 Å². The average Bonchev–Trinajstić information content (AvgIpc) is 2.83. The third-order valence-electron chi connectivity index (χ3n) is 3.09. The molecule has 0 unspecified atom stereocenters. The van der Waals surface area contributed by atoms with Gasteiger partial charge in [0.05, 0.1) is 11.6 Å². The predicted octanol–water partition coefficient (Wildman–Crippen LogP) is 2.28. The van der Waals surface area contributed by atoms with Crippen molar-refractivity contribution in [2.24, 2.45) is 0 Å². The van der Waals surface area contributed by atoms with Crippen LogP contribution in [0.3, 0.4) is 0 Å². The van der Waals surface area contributed by atoms with Gasteiger partial charge in [0.1, 0.15) is 6.33 Å². The maximum absolute atomic E-state index is 5.72. The Morgan fingerprint density at radius 2 is 1.88 bits per heavy atom. The quantitative estimate of drug-likeness (QED) is 0.766. The number of aromatic nitrogens is 4. The molecule has 1 aliphatic carbocycles. The maximum atomic E-state index is 5.72. The summed E-state index contributed by atoms with van der Waals surface area (Å²) in [5.74, 6) is 1.14. The Hall–Kier alpha value is -1.42. The molecule has 0 aliphatic heterocycles. The molecular weight excluding hydrogens is 236 g/mol. The van der Waals surface area contributed by atoms with E-state index in [0.29, 0.717) is 11.8 Å². The van der Waals surface area contributed by atoms with Crippen molar-refractivity contribution < 1.29 is 0 Å². The summed E-state index contributed by atoms with van der Waals surface area (Å²) in [4.78, 5) is 13.1. The molecule has 0 radical (unpaired) electrons. The summed E-state index contributed by atoms with van der Waals surface area (Å²) in [6, 6.07) is 0. The van der Waals surface area contributed by atoms with Crippen molar-refractivity contribution in [3.8, 4) is 5.95 Å². The molecule has 3 rings (SSSR count). The van der Waals surface area contributed by atoms with E-state index < -0.39 is 0 Å². The van der Waals surface area contributed by atoms with Crippen LogP contribution < -0.4 is 0 Å². The van der Waals surface area contributed by atoms with Crippen molar-refractivity contribution in [2.45, 2.75) is 31.6 Å². The van der Waals surface area contributed by atoms with E-state index >= 15 is 0 Å². The molecule has 0 fully saturated rings. The second-order valence-electron chi connectivity index (χ2n) is 4.24. The summed E-state index contributed by atoms with van der Waals surface area (Å²) in [6.07, 6.45) is 9.95. The number of halogens is 1. The first kappa shape index (κ1) is 10.7. The van der Waals surface area contributed by atoms with E-state index in [1.165, 1.54) is 24.2 Å². The number of alkyl halides is 1. The summed E-state index contributed by atoms with van der Waals surface area (Å²) in [5.41, 5.74) is 3.39. The average molecular weight is 249 g/mol. The lowest BCUT2D eigenvalue weighted by Gasteiger charge is -2.12. The molecular formula is C12H13ClN4. The first-order valence-electron chi connectivity index (χ1n) is 5.81. The highest BCUT2D eigenvalue weighted by atomic mass is 35.5. The topological polar surface area (TPSA) is 43.6 Å². The van der Waals surface area contributed by atoms with Gasteiger partial charge in [-0.15, -0.1) is 11.6 Å². The summed E-state index contributed by atoms with van der Waals surface area (Å²) in [7, 11) is 0. The van der Waals surface area contributed by atoms with Gasteiger partial charge in [-0.25, -0.2) is 15.0 Å². The van der Waals surface area contributed by atoms with Crippen LogP contribution in [0.2, 0.25) is 0 Å². The highest BCUT2D eigenvalue weighted by Crippen LogP contribution is 2.21. The lowest BCUT2D eigenvalue weighted by atomic mass is 10.0. The fourth-order valence-corrected chi connectivity index (χ4v) is 2.32. The third kappa shape index (κ3) is 1.93. The van der Waals surface area contributed by atoms with Gasteiger partial charge in [0.15, 0.2) is 0 Å². The lowest BCUT2D eigenvalue weighted by Crippen LogP contribution is -2.09. The molecule has 0 saturated heterocycles. The van der Waals surface area contributed by atoms with Crippen LogP contribution in [0.5, 0.6) is 0 Å². The Labute approximate surface area is 105 Å². The van der Waals surface area contributed by atoms with Gasteiger partial charge in [0, 0.05) is 23.7 Å². The molecule has 88 valence electrons. The normalized spacial score (nSPS) is 14.6. The number of aryl methyl sites for hydroxylation is 1. The molecule has 4 nitrogen and oxygen atoms in total. The van der Waals surface area contributed by atoms with E-state index in [2.05, 4.69) is 15.0 Å². The van der Waals surface area contributed by atoms with Crippen molar-refractivity contribution >= 4 is 11.6 Å². The summed E-state index contributed by atoms with van der Waals surface area (Å²) in [5, 5.41) is 0. The molecule has 0 spiro atoms. The number of rotatable bonds is 2. The van der Waals surface area contributed by atoms with Gasteiger partial charge >= 0.3 is 0 Å². The van der Waals surface area contributed by atoms with Crippen molar-refractivity contribution in [1.29, 1.82) is 0 Å². The van der Waals surface area contributed by atoms with Crippen molar-refractivity contribution in [1.82, 2.24) is 19.5 Å². The van der Waals surface area contributed by atoms with Crippen LogP contribution in [0.4, 0.5) is 0 Å².